The number of hydrogen-bond acceptors (Lipinski definition) is 8. The van der Waals surface area contributed by atoms with Crippen LogP contribution in [-0.4, -0.2) is 42.9 Å². The molecule has 3 heterocycles. The topological polar surface area (TPSA) is 139 Å². The van der Waals surface area contributed by atoms with Crippen molar-refractivity contribution in [3.63, 3.8) is 0 Å². The van der Waals surface area contributed by atoms with Crippen LogP contribution in [0.1, 0.15) is 42.2 Å². The third-order valence-electron chi connectivity index (χ3n) is 5.39. The lowest BCUT2D eigenvalue weighted by Gasteiger charge is -2.33. The maximum atomic E-state index is 12.3. The number of nitrogens with two attached hydrogens (primary N) is 2. The van der Waals surface area contributed by atoms with Gasteiger partial charge < -0.3 is 24.6 Å². The van der Waals surface area contributed by atoms with Crippen LogP contribution in [0.25, 0.3) is 11.4 Å². The molecule has 31 heavy (non-hydrogen) atoms. The number of nitrogens with one attached hydrogen (secondary N) is 1. The summed E-state index contributed by atoms with van der Waals surface area (Å²) in [5, 5.41) is 4.11. The van der Waals surface area contributed by atoms with E-state index in [4.69, 9.17) is 30.9 Å². The van der Waals surface area contributed by atoms with Gasteiger partial charge >= 0.3 is 0 Å². The van der Waals surface area contributed by atoms with Crippen molar-refractivity contribution in [1.82, 2.24) is 15.0 Å². The predicted octanol–water partition coefficient (Wildman–Crippen LogP) is 1.11. The quantitative estimate of drug-likeness (QED) is 0.247. The molecule has 0 spiro atoms. The Hall–Kier alpha value is -3.11. The van der Waals surface area contributed by atoms with Crippen LogP contribution < -0.4 is 31.9 Å². The Balaban J connectivity index is 2.15. The Morgan fingerprint density at radius 1 is 1.35 bits per heavy atom. The second kappa shape index (κ2) is 9.80. The van der Waals surface area contributed by atoms with Crippen molar-refractivity contribution in [2.24, 2.45) is 22.7 Å². The van der Waals surface area contributed by atoms with E-state index in [1.54, 1.807) is 26.5 Å². The third-order valence-corrected chi connectivity index (χ3v) is 5.39. The van der Waals surface area contributed by atoms with Crippen molar-refractivity contribution in [3.05, 3.63) is 34.8 Å². The normalized spacial score (nSPS) is 15.4. The molecule has 3 rings (SSSR count). The minimum atomic E-state index is -0.460. The molecule has 0 saturated carbocycles. The zero-order valence-electron chi connectivity index (χ0n) is 18.3. The Morgan fingerprint density at radius 3 is 2.74 bits per heavy atom. The van der Waals surface area contributed by atoms with Gasteiger partial charge in [0.15, 0.2) is 5.75 Å². The van der Waals surface area contributed by atoms with Gasteiger partial charge in [-0.2, -0.15) is 5.10 Å². The van der Waals surface area contributed by atoms with Gasteiger partial charge in [-0.15, -0.1) is 0 Å². The molecule has 1 amide bonds. The predicted molar refractivity (Wildman–Crippen MR) is 115 cm³/mol. The molecule has 1 aliphatic rings. The zero-order chi connectivity index (χ0) is 22.5. The lowest BCUT2D eigenvalue weighted by atomic mass is 9.89. The number of nitrogens with zero attached hydrogens (tertiary/aromatic N) is 3. The van der Waals surface area contributed by atoms with Gasteiger partial charge in [-0.25, -0.2) is 10.8 Å². The van der Waals surface area contributed by atoms with Crippen LogP contribution in [-0.2, 0) is 11.2 Å². The molecule has 10 heteroatoms. The van der Waals surface area contributed by atoms with Crippen LogP contribution in [0.5, 0.6) is 11.6 Å². The number of ether oxygens (including phenoxy) is 3. The lowest BCUT2D eigenvalue weighted by molar-refractivity contribution is 0.0951. The van der Waals surface area contributed by atoms with E-state index in [9.17, 15) is 4.79 Å². The molecule has 1 atom stereocenters. The minimum Gasteiger partial charge on any atom is -0.488 e. The Morgan fingerprint density at radius 2 is 2.13 bits per heavy atom. The van der Waals surface area contributed by atoms with Crippen molar-refractivity contribution < 1.29 is 19.0 Å². The molecule has 10 nitrogen and oxygen atoms in total. The number of carbonyl (C=O) groups excluding carboxylic acids is 1. The van der Waals surface area contributed by atoms with E-state index in [1.807, 2.05) is 10.6 Å². The van der Waals surface area contributed by atoms with Crippen LogP contribution in [0.15, 0.2) is 23.4 Å². The van der Waals surface area contributed by atoms with Crippen molar-refractivity contribution in [2.45, 2.75) is 32.7 Å². The van der Waals surface area contributed by atoms with Gasteiger partial charge in [0.1, 0.15) is 0 Å². The number of carbonyl (C=O) groups is 1. The van der Waals surface area contributed by atoms with E-state index in [0.717, 1.165) is 29.8 Å². The monoisotopic (exact) mass is 430 g/mol. The molecular weight excluding hydrogens is 400 g/mol. The number of rotatable bonds is 8. The summed E-state index contributed by atoms with van der Waals surface area (Å²) < 4.78 is 18.5. The van der Waals surface area contributed by atoms with Gasteiger partial charge in [-0.1, -0.05) is 13.8 Å². The van der Waals surface area contributed by atoms with E-state index in [-0.39, 0.29) is 6.04 Å². The second-order valence-corrected chi connectivity index (χ2v) is 7.68. The fraction of sp³-hybridized carbons (Fsp3) is 0.476. The first kappa shape index (κ1) is 22.6. The number of amides is 1. The molecule has 1 unspecified atom stereocenters. The molecule has 5 N–H and O–H groups in total. The Labute approximate surface area is 181 Å². The molecular formula is C21H30N6O4. The molecule has 0 fully saturated rings. The largest absolute Gasteiger partial charge is 0.488 e. The van der Waals surface area contributed by atoms with Crippen molar-refractivity contribution in [3.8, 4) is 23.0 Å². The van der Waals surface area contributed by atoms with Gasteiger partial charge in [-0.05, 0) is 30.0 Å². The Bertz CT molecular complexity index is 1020. The standard InChI is InChI=1S/C21H30N6O4/c1-12(2)16-8-13-9-18(31-7-5-6-29-3)21(30-4)24-19(13)17-10-15(25-22)14(11-27(16)17)20(28)26-23/h9-12,16H,5-8,22-23H2,1-4H3,(H,26,28)/b25-15-. The van der Waals surface area contributed by atoms with Gasteiger partial charge in [-0.3, -0.25) is 10.2 Å². The maximum absolute atomic E-state index is 12.3. The van der Waals surface area contributed by atoms with E-state index >= 15 is 0 Å². The first-order chi connectivity index (χ1) is 14.9. The molecule has 0 aromatic carbocycles. The summed E-state index contributed by atoms with van der Waals surface area (Å²) in [6.45, 7) is 5.38. The zero-order valence-corrected chi connectivity index (χ0v) is 18.3. The van der Waals surface area contributed by atoms with Crippen LogP contribution in [0.3, 0.4) is 0 Å². The van der Waals surface area contributed by atoms with E-state index in [1.165, 1.54) is 0 Å². The summed E-state index contributed by atoms with van der Waals surface area (Å²) in [6.07, 6.45) is 3.22. The van der Waals surface area contributed by atoms with Crippen molar-refractivity contribution in [1.29, 1.82) is 0 Å². The van der Waals surface area contributed by atoms with Gasteiger partial charge in [0.05, 0.1) is 36.0 Å². The van der Waals surface area contributed by atoms with Crippen molar-refractivity contribution >= 4 is 5.91 Å². The third kappa shape index (κ3) is 4.49. The summed E-state index contributed by atoms with van der Waals surface area (Å²) in [5.74, 6) is 11.7. The number of methoxy groups -OCH3 is 2. The SMILES string of the molecule is COCCCOc1cc2c(nc1OC)-c1c/c(=N/N)c(C(=O)NN)cn1C(C(C)C)C2. The number of fused-ring (bicyclic) bond motifs is 3. The molecule has 0 bridgehead atoms. The molecule has 0 aliphatic carbocycles. The molecule has 2 aromatic heterocycles. The number of nitrogen functional groups attached to an aromatic ring is 1. The Kier molecular flexibility index (Phi) is 7.13. The van der Waals surface area contributed by atoms with Gasteiger partial charge in [0, 0.05) is 32.4 Å². The van der Waals surface area contributed by atoms with Gasteiger partial charge in [0.25, 0.3) is 11.8 Å². The summed E-state index contributed by atoms with van der Waals surface area (Å²) in [7, 11) is 3.21. The highest BCUT2D eigenvalue weighted by Crippen LogP contribution is 2.40. The van der Waals surface area contributed by atoms with Crippen LogP contribution >= 0.6 is 0 Å². The van der Waals surface area contributed by atoms with E-state index in [2.05, 4.69) is 24.4 Å². The van der Waals surface area contributed by atoms with Crippen LogP contribution in [0, 0.1) is 5.92 Å². The smallest absolute Gasteiger partial charge is 0.268 e. The molecule has 0 radical (unpaired) electrons. The van der Waals surface area contributed by atoms with E-state index < -0.39 is 5.91 Å². The van der Waals surface area contributed by atoms with Crippen molar-refractivity contribution in [2.75, 3.05) is 27.4 Å². The maximum Gasteiger partial charge on any atom is 0.268 e. The fourth-order valence-corrected chi connectivity index (χ4v) is 3.79. The summed E-state index contributed by atoms with van der Waals surface area (Å²) in [5.41, 5.74) is 5.01. The summed E-state index contributed by atoms with van der Waals surface area (Å²) >= 11 is 0. The highest BCUT2D eigenvalue weighted by atomic mass is 16.5. The second-order valence-electron chi connectivity index (χ2n) is 7.68. The van der Waals surface area contributed by atoms with Crippen LogP contribution in [0.2, 0.25) is 0 Å². The molecule has 1 aliphatic heterocycles. The summed E-state index contributed by atoms with van der Waals surface area (Å²) in [6, 6.07) is 3.83. The molecule has 168 valence electrons. The number of pyridine rings is 2. The summed E-state index contributed by atoms with van der Waals surface area (Å²) in [4.78, 5) is 17.0. The first-order valence-corrected chi connectivity index (χ1v) is 10.2. The molecule has 0 saturated heterocycles. The highest BCUT2D eigenvalue weighted by molar-refractivity contribution is 5.93. The van der Waals surface area contributed by atoms with E-state index in [0.29, 0.717) is 41.7 Å². The lowest BCUT2D eigenvalue weighted by Crippen LogP contribution is -2.36. The minimum absolute atomic E-state index is 0.0928. The average molecular weight is 431 g/mol. The number of aromatic nitrogens is 2. The van der Waals surface area contributed by atoms with Gasteiger partial charge in [0.2, 0.25) is 0 Å². The molecule has 2 aromatic rings. The average Bonchev–Trinajstić information content (AvgIpc) is 2.79. The first-order valence-electron chi connectivity index (χ1n) is 10.2. The van der Waals surface area contributed by atoms with Crippen LogP contribution in [0.4, 0.5) is 0 Å². The fourth-order valence-electron chi connectivity index (χ4n) is 3.79. The number of hydrazine groups is 1. The highest BCUT2D eigenvalue weighted by Gasteiger charge is 2.30. The number of hydrogen-bond donors (Lipinski definition) is 3.